The van der Waals surface area contributed by atoms with E-state index in [-0.39, 0.29) is 5.91 Å². The molecule has 0 aliphatic rings. The smallest absolute Gasteiger partial charge is 0.255 e. The number of carbonyl (C=O) groups is 1. The van der Waals surface area contributed by atoms with Gasteiger partial charge in [-0.1, -0.05) is 13.0 Å². The number of hydrogen-bond acceptors (Lipinski definition) is 4. The van der Waals surface area contributed by atoms with E-state index < -0.39 is 0 Å². The van der Waals surface area contributed by atoms with Crippen LogP contribution in [-0.4, -0.2) is 32.8 Å². The van der Waals surface area contributed by atoms with Gasteiger partial charge in [0.2, 0.25) is 0 Å². The molecule has 0 unspecified atom stereocenters. The molecule has 19 heavy (non-hydrogen) atoms. The van der Waals surface area contributed by atoms with Gasteiger partial charge in [-0.2, -0.15) is 0 Å². The quantitative estimate of drug-likeness (QED) is 0.556. The zero-order chi connectivity index (χ0) is 14.1. The number of para-hydroxylation sites is 1. The van der Waals surface area contributed by atoms with Crippen molar-refractivity contribution in [3.63, 3.8) is 0 Å². The number of amides is 1. The van der Waals surface area contributed by atoms with E-state index in [0.29, 0.717) is 30.2 Å². The molecule has 1 amide bonds. The van der Waals surface area contributed by atoms with Gasteiger partial charge in [-0.25, -0.2) is 0 Å². The molecule has 0 spiro atoms. The minimum atomic E-state index is -0.181. The van der Waals surface area contributed by atoms with E-state index in [1.54, 1.807) is 18.2 Å². The molecule has 0 aromatic heterocycles. The van der Waals surface area contributed by atoms with Gasteiger partial charge in [0.25, 0.3) is 5.91 Å². The van der Waals surface area contributed by atoms with Crippen LogP contribution in [0.2, 0.25) is 0 Å². The molecular weight excluding hydrogens is 244 g/mol. The lowest BCUT2D eigenvalue weighted by molar-refractivity contribution is 0.0938. The molecule has 0 saturated heterocycles. The fourth-order valence-corrected chi connectivity index (χ4v) is 1.68. The Labute approximate surface area is 114 Å². The van der Waals surface area contributed by atoms with E-state index in [1.165, 1.54) is 7.11 Å². The molecule has 0 aliphatic carbocycles. The maximum absolute atomic E-state index is 12.0. The lowest BCUT2D eigenvalue weighted by atomic mass is 10.1. The number of carbonyl (C=O) groups excluding carboxylic acids is 1. The maximum atomic E-state index is 12.0. The molecule has 0 atom stereocenters. The van der Waals surface area contributed by atoms with Crippen LogP contribution < -0.4 is 15.8 Å². The van der Waals surface area contributed by atoms with Crippen LogP contribution in [0.25, 0.3) is 0 Å². The van der Waals surface area contributed by atoms with E-state index in [1.807, 2.05) is 0 Å². The number of methoxy groups -OCH3 is 1. The Bertz CT molecular complexity index is 408. The molecule has 5 heteroatoms. The van der Waals surface area contributed by atoms with Crippen molar-refractivity contribution < 1.29 is 14.3 Å². The first kappa shape index (κ1) is 15.3. The number of nitrogens with two attached hydrogens (primary N) is 1. The summed E-state index contributed by atoms with van der Waals surface area (Å²) in [7, 11) is 1.50. The Hall–Kier alpha value is -1.75. The molecule has 0 aliphatic heterocycles. The van der Waals surface area contributed by atoms with Crippen LogP contribution in [-0.2, 0) is 4.74 Å². The van der Waals surface area contributed by atoms with Crippen LogP contribution in [0.3, 0.4) is 0 Å². The molecule has 0 heterocycles. The van der Waals surface area contributed by atoms with Crippen molar-refractivity contribution in [2.45, 2.75) is 19.8 Å². The number of ether oxygens (including phenoxy) is 2. The Morgan fingerprint density at radius 3 is 2.84 bits per heavy atom. The van der Waals surface area contributed by atoms with Crippen LogP contribution in [0.15, 0.2) is 18.2 Å². The van der Waals surface area contributed by atoms with Gasteiger partial charge in [-0.05, 0) is 25.0 Å². The Morgan fingerprint density at radius 2 is 2.16 bits per heavy atom. The van der Waals surface area contributed by atoms with Crippen molar-refractivity contribution in [2.75, 3.05) is 32.6 Å². The number of anilines is 1. The highest BCUT2D eigenvalue weighted by Crippen LogP contribution is 2.25. The number of benzene rings is 1. The van der Waals surface area contributed by atoms with Crippen LogP contribution in [0.5, 0.6) is 5.75 Å². The van der Waals surface area contributed by atoms with E-state index in [4.69, 9.17) is 15.2 Å². The van der Waals surface area contributed by atoms with Gasteiger partial charge in [-0.15, -0.1) is 0 Å². The topological polar surface area (TPSA) is 73.6 Å². The standard InChI is InChI=1S/C14H22N2O3/c1-3-9-19-10-5-8-16-14(17)11-6-4-7-12(15)13(11)18-2/h4,6-7H,3,5,8-10,15H2,1-2H3,(H,16,17). The van der Waals surface area contributed by atoms with Gasteiger partial charge in [0.1, 0.15) is 0 Å². The van der Waals surface area contributed by atoms with Crippen molar-refractivity contribution in [3.05, 3.63) is 23.8 Å². The van der Waals surface area contributed by atoms with Crippen molar-refractivity contribution in [1.82, 2.24) is 5.32 Å². The summed E-state index contributed by atoms with van der Waals surface area (Å²) in [4.78, 5) is 12.0. The second-order valence-corrected chi connectivity index (χ2v) is 4.15. The number of nitrogens with one attached hydrogen (secondary N) is 1. The molecular formula is C14H22N2O3. The molecule has 106 valence electrons. The molecule has 0 fully saturated rings. The second kappa shape index (κ2) is 8.37. The third-order valence-corrected chi connectivity index (χ3v) is 2.59. The highest BCUT2D eigenvalue weighted by molar-refractivity contribution is 5.98. The van der Waals surface area contributed by atoms with Crippen LogP contribution in [0, 0.1) is 0 Å². The molecule has 0 bridgehead atoms. The summed E-state index contributed by atoms with van der Waals surface area (Å²) in [5, 5.41) is 2.82. The SMILES string of the molecule is CCCOCCCNC(=O)c1cccc(N)c1OC. The van der Waals surface area contributed by atoms with Gasteiger partial charge < -0.3 is 20.5 Å². The zero-order valence-electron chi connectivity index (χ0n) is 11.6. The zero-order valence-corrected chi connectivity index (χ0v) is 11.6. The Balaban J connectivity index is 2.43. The molecule has 5 nitrogen and oxygen atoms in total. The first-order valence-electron chi connectivity index (χ1n) is 6.49. The normalized spacial score (nSPS) is 10.2. The predicted octanol–water partition coefficient (Wildman–Crippen LogP) is 1.82. The molecule has 0 saturated carbocycles. The first-order chi connectivity index (χ1) is 9.20. The summed E-state index contributed by atoms with van der Waals surface area (Å²) in [6.07, 6.45) is 1.79. The first-order valence-corrected chi connectivity index (χ1v) is 6.49. The Morgan fingerprint density at radius 1 is 1.37 bits per heavy atom. The lowest BCUT2D eigenvalue weighted by Gasteiger charge is -2.11. The third kappa shape index (κ3) is 4.79. The molecule has 1 aromatic carbocycles. The average molecular weight is 266 g/mol. The number of hydrogen-bond donors (Lipinski definition) is 2. The van der Waals surface area contributed by atoms with Gasteiger partial charge in [-0.3, -0.25) is 4.79 Å². The predicted molar refractivity (Wildman–Crippen MR) is 75.5 cm³/mol. The summed E-state index contributed by atoms with van der Waals surface area (Å²) in [5.41, 5.74) is 6.67. The van der Waals surface area contributed by atoms with Gasteiger partial charge in [0.05, 0.1) is 18.4 Å². The fraction of sp³-hybridized carbons (Fsp3) is 0.500. The average Bonchev–Trinajstić information content (AvgIpc) is 2.42. The molecule has 3 N–H and O–H groups in total. The molecule has 1 aromatic rings. The highest BCUT2D eigenvalue weighted by Gasteiger charge is 2.13. The van der Waals surface area contributed by atoms with Gasteiger partial charge >= 0.3 is 0 Å². The van der Waals surface area contributed by atoms with Crippen LogP contribution in [0.4, 0.5) is 5.69 Å². The lowest BCUT2D eigenvalue weighted by Crippen LogP contribution is -2.26. The summed E-state index contributed by atoms with van der Waals surface area (Å²) >= 11 is 0. The maximum Gasteiger partial charge on any atom is 0.255 e. The fourth-order valence-electron chi connectivity index (χ4n) is 1.68. The van der Waals surface area contributed by atoms with Crippen LogP contribution in [0.1, 0.15) is 30.1 Å². The number of nitrogen functional groups attached to an aromatic ring is 1. The summed E-state index contributed by atoms with van der Waals surface area (Å²) < 4.78 is 10.5. The van der Waals surface area contributed by atoms with Gasteiger partial charge in [0, 0.05) is 19.8 Å². The Kier molecular flexibility index (Phi) is 6.74. The molecule has 0 radical (unpaired) electrons. The van der Waals surface area contributed by atoms with E-state index in [2.05, 4.69) is 12.2 Å². The second-order valence-electron chi connectivity index (χ2n) is 4.15. The molecule has 1 rings (SSSR count). The van der Waals surface area contributed by atoms with Crippen LogP contribution >= 0.6 is 0 Å². The van der Waals surface area contributed by atoms with Crippen molar-refractivity contribution in [2.24, 2.45) is 0 Å². The highest BCUT2D eigenvalue weighted by atomic mass is 16.5. The third-order valence-electron chi connectivity index (χ3n) is 2.59. The van der Waals surface area contributed by atoms with E-state index in [9.17, 15) is 4.79 Å². The van der Waals surface area contributed by atoms with E-state index in [0.717, 1.165) is 19.4 Å². The minimum absolute atomic E-state index is 0.181. The summed E-state index contributed by atoms with van der Waals surface area (Å²) in [6, 6.07) is 5.13. The van der Waals surface area contributed by atoms with Crippen molar-refractivity contribution in [1.29, 1.82) is 0 Å². The van der Waals surface area contributed by atoms with E-state index >= 15 is 0 Å². The van der Waals surface area contributed by atoms with Gasteiger partial charge in [0.15, 0.2) is 5.75 Å². The van der Waals surface area contributed by atoms with Crippen molar-refractivity contribution in [3.8, 4) is 5.75 Å². The monoisotopic (exact) mass is 266 g/mol. The summed E-state index contributed by atoms with van der Waals surface area (Å²) in [5.74, 6) is 0.238. The summed E-state index contributed by atoms with van der Waals surface area (Å²) in [6.45, 7) is 4.05. The van der Waals surface area contributed by atoms with Crippen molar-refractivity contribution >= 4 is 11.6 Å². The minimum Gasteiger partial charge on any atom is -0.494 e. The number of rotatable bonds is 8. The largest absolute Gasteiger partial charge is 0.494 e.